The summed E-state index contributed by atoms with van der Waals surface area (Å²) in [6, 6.07) is 0. The van der Waals surface area contributed by atoms with Gasteiger partial charge in [-0.1, -0.05) is 18.7 Å². The zero-order chi connectivity index (χ0) is 11.5. The zero-order valence-corrected chi connectivity index (χ0v) is 9.56. The summed E-state index contributed by atoms with van der Waals surface area (Å²) in [5.74, 6) is -0.417. The summed E-state index contributed by atoms with van der Waals surface area (Å²) in [6.45, 7) is 3.32. The monoisotopic (exact) mass is 230 g/mol. The summed E-state index contributed by atoms with van der Waals surface area (Å²) in [6.07, 6.45) is 0.676. The number of rotatable bonds is 3. The number of thioether (sulfide) groups is 1. The SMILES string of the molecule is CCC1(CC(=O)O)CSC(NC(C)=O)=N1. The molecule has 1 atom stereocenters. The van der Waals surface area contributed by atoms with Gasteiger partial charge in [0.1, 0.15) is 0 Å². The first-order valence-electron chi connectivity index (χ1n) is 4.69. The van der Waals surface area contributed by atoms with Crippen LogP contribution in [0.1, 0.15) is 26.7 Å². The van der Waals surface area contributed by atoms with Crippen molar-refractivity contribution in [2.24, 2.45) is 4.99 Å². The Balaban J connectivity index is 2.73. The molecule has 1 aliphatic rings. The van der Waals surface area contributed by atoms with E-state index in [-0.39, 0.29) is 12.3 Å². The minimum absolute atomic E-state index is 0.0135. The minimum Gasteiger partial charge on any atom is -0.481 e. The second-order valence-corrected chi connectivity index (χ2v) is 4.50. The molecule has 0 aromatic heterocycles. The molecule has 5 nitrogen and oxygen atoms in total. The molecular weight excluding hydrogens is 216 g/mol. The highest BCUT2D eigenvalue weighted by molar-refractivity contribution is 8.14. The Morgan fingerprint density at radius 1 is 1.67 bits per heavy atom. The Morgan fingerprint density at radius 3 is 2.80 bits per heavy atom. The highest BCUT2D eigenvalue weighted by Gasteiger charge is 2.36. The molecule has 2 N–H and O–H groups in total. The highest BCUT2D eigenvalue weighted by Crippen LogP contribution is 2.32. The number of aliphatic carboxylic acids is 1. The molecule has 6 heteroatoms. The lowest BCUT2D eigenvalue weighted by Gasteiger charge is -2.20. The van der Waals surface area contributed by atoms with Crippen molar-refractivity contribution in [2.75, 3.05) is 5.75 Å². The van der Waals surface area contributed by atoms with Gasteiger partial charge in [0.25, 0.3) is 0 Å². The summed E-state index contributed by atoms with van der Waals surface area (Å²) in [5, 5.41) is 11.9. The second-order valence-electron chi connectivity index (χ2n) is 3.54. The lowest BCUT2D eigenvalue weighted by molar-refractivity contribution is -0.138. The quantitative estimate of drug-likeness (QED) is 0.753. The maximum absolute atomic E-state index is 10.8. The average Bonchev–Trinajstić information content (AvgIpc) is 2.47. The van der Waals surface area contributed by atoms with Gasteiger partial charge in [-0.3, -0.25) is 14.6 Å². The van der Waals surface area contributed by atoms with E-state index in [1.807, 2.05) is 6.92 Å². The van der Waals surface area contributed by atoms with Crippen LogP contribution in [-0.4, -0.2) is 33.4 Å². The number of carbonyl (C=O) groups is 2. The van der Waals surface area contributed by atoms with Crippen LogP contribution in [0.3, 0.4) is 0 Å². The van der Waals surface area contributed by atoms with Gasteiger partial charge in [0.15, 0.2) is 5.17 Å². The zero-order valence-electron chi connectivity index (χ0n) is 8.74. The van der Waals surface area contributed by atoms with E-state index in [0.717, 1.165) is 0 Å². The molecule has 0 aromatic carbocycles. The summed E-state index contributed by atoms with van der Waals surface area (Å²) >= 11 is 1.40. The van der Waals surface area contributed by atoms with E-state index in [4.69, 9.17) is 5.11 Å². The predicted octanol–water partition coefficient (Wildman–Crippen LogP) is 0.849. The molecule has 0 saturated carbocycles. The van der Waals surface area contributed by atoms with E-state index in [0.29, 0.717) is 17.3 Å². The molecular formula is C9H14N2O3S. The first kappa shape index (κ1) is 12.0. The Bertz CT molecular complexity index is 316. The van der Waals surface area contributed by atoms with Crippen LogP contribution in [-0.2, 0) is 9.59 Å². The largest absolute Gasteiger partial charge is 0.481 e. The molecule has 0 radical (unpaired) electrons. The normalized spacial score (nSPS) is 24.8. The third-order valence-electron chi connectivity index (χ3n) is 2.24. The second kappa shape index (κ2) is 4.65. The van der Waals surface area contributed by atoms with Crippen molar-refractivity contribution >= 4 is 28.8 Å². The van der Waals surface area contributed by atoms with Gasteiger partial charge in [0, 0.05) is 12.7 Å². The molecule has 15 heavy (non-hydrogen) atoms. The van der Waals surface area contributed by atoms with Crippen LogP contribution in [0.15, 0.2) is 4.99 Å². The van der Waals surface area contributed by atoms with Gasteiger partial charge in [-0.2, -0.15) is 0 Å². The maximum Gasteiger partial charge on any atom is 0.305 e. The van der Waals surface area contributed by atoms with E-state index < -0.39 is 11.5 Å². The number of amidine groups is 1. The molecule has 1 amide bonds. The van der Waals surface area contributed by atoms with Gasteiger partial charge in [-0.25, -0.2) is 0 Å². The third kappa shape index (κ3) is 3.23. The lowest BCUT2D eigenvalue weighted by Crippen LogP contribution is -2.30. The maximum atomic E-state index is 10.8. The molecule has 0 saturated heterocycles. The van der Waals surface area contributed by atoms with Gasteiger partial charge >= 0.3 is 5.97 Å². The number of hydrogen-bond donors (Lipinski definition) is 2. The molecule has 0 spiro atoms. The highest BCUT2D eigenvalue weighted by atomic mass is 32.2. The molecule has 1 rings (SSSR count). The van der Waals surface area contributed by atoms with Crippen LogP contribution in [0.25, 0.3) is 0 Å². The first-order chi connectivity index (χ1) is 6.97. The number of aliphatic imine (C=N–C) groups is 1. The topological polar surface area (TPSA) is 78.8 Å². The van der Waals surface area contributed by atoms with Gasteiger partial charge in [-0.15, -0.1) is 0 Å². The Labute approximate surface area is 92.3 Å². The van der Waals surface area contributed by atoms with Crippen molar-refractivity contribution < 1.29 is 14.7 Å². The van der Waals surface area contributed by atoms with Crippen LogP contribution in [0, 0.1) is 0 Å². The van der Waals surface area contributed by atoms with E-state index >= 15 is 0 Å². The van der Waals surface area contributed by atoms with Crippen molar-refractivity contribution in [1.82, 2.24) is 5.32 Å². The summed E-state index contributed by atoms with van der Waals surface area (Å²) in [4.78, 5) is 25.8. The van der Waals surface area contributed by atoms with E-state index in [9.17, 15) is 9.59 Å². The van der Waals surface area contributed by atoms with Crippen LogP contribution in [0.4, 0.5) is 0 Å². The Morgan fingerprint density at radius 2 is 2.33 bits per heavy atom. The molecule has 0 bridgehead atoms. The fraction of sp³-hybridized carbons (Fsp3) is 0.667. The van der Waals surface area contributed by atoms with Crippen LogP contribution in [0.2, 0.25) is 0 Å². The van der Waals surface area contributed by atoms with Gasteiger partial charge in [-0.05, 0) is 6.42 Å². The van der Waals surface area contributed by atoms with Crippen LogP contribution < -0.4 is 5.32 Å². The number of nitrogens with one attached hydrogen (secondary N) is 1. The molecule has 0 aliphatic carbocycles. The first-order valence-corrected chi connectivity index (χ1v) is 5.68. The third-order valence-corrected chi connectivity index (χ3v) is 3.39. The number of carbonyl (C=O) groups excluding carboxylic acids is 1. The number of hydrogen-bond acceptors (Lipinski definition) is 4. The van der Waals surface area contributed by atoms with Gasteiger partial charge < -0.3 is 10.4 Å². The molecule has 1 aliphatic heterocycles. The molecule has 1 unspecified atom stereocenters. The number of nitrogens with zero attached hydrogens (tertiary/aromatic N) is 1. The number of carboxylic acids is 1. The fourth-order valence-electron chi connectivity index (χ4n) is 1.38. The summed E-state index contributed by atoms with van der Waals surface area (Å²) in [7, 11) is 0. The van der Waals surface area contributed by atoms with Gasteiger partial charge in [0.05, 0.1) is 12.0 Å². The predicted molar refractivity (Wildman–Crippen MR) is 59.0 cm³/mol. The Kier molecular flexibility index (Phi) is 3.73. The van der Waals surface area contributed by atoms with Crippen LogP contribution >= 0.6 is 11.8 Å². The van der Waals surface area contributed by atoms with E-state index in [1.165, 1.54) is 18.7 Å². The van der Waals surface area contributed by atoms with Crippen molar-refractivity contribution in [3.8, 4) is 0 Å². The van der Waals surface area contributed by atoms with E-state index in [2.05, 4.69) is 10.3 Å². The fourth-order valence-corrected chi connectivity index (χ4v) is 2.63. The smallest absolute Gasteiger partial charge is 0.305 e. The molecule has 1 heterocycles. The summed E-state index contributed by atoms with van der Waals surface area (Å²) < 4.78 is 0. The number of amides is 1. The van der Waals surface area contributed by atoms with Gasteiger partial charge in [0.2, 0.25) is 5.91 Å². The van der Waals surface area contributed by atoms with Crippen molar-refractivity contribution in [2.45, 2.75) is 32.2 Å². The number of carboxylic acid groups (broad SMARTS) is 1. The average molecular weight is 230 g/mol. The minimum atomic E-state index is -0.856. The lowest BCUT2D eigenvalue weighted by atomic mass is 9.95. The standard InChI is InChI=1S/C9H14N2O3S/c1-3-9(4-7(13)14)5-15-8(11-9)10-6(2)12/h3-5H2,1-2H3,(H,13,14)(H,10,11,12). The van der Waals surface area contributed by atoms with Crippen molar-refractivity contribution in [3.63, 3.8) is 0 Å². The Hall–Kier alpha value is -1.04. The van der Waals surface area contributed by atoms with Crippen LogP contribution in [0.5, 0.6) is 0 Å². The summed E-state index contributed by atoms with van der Waals surface area (Å²) in [5.41, 5.74) is -0.547. The molecule has 0 fully saturated rings. The molecule has 84 valence electrons. The molecule has 0 aromatic rings. The van der Waals surface area contributed by atoms with Crippen molar-refractivity contribution in [3.05, 3.63) is 0 Å². The van der Waals surface area contributed by atoms with E-state index in [1.54, 1.807) is 0 Å². The van der Waals surface area contributed by atoms with Crippen molar-refractivity contribution in [1.29, 1.82) is 0 Å².